The standard InChI is InChI=1S/C17H17Cl3N2O3S/c1-10-15(20)5-4-6-16(10)21-17(23)11(2)22(26(3,24)25)14-8-12(18)7-13(19)9-14/h4-9,11H,1-3H3,(H,21,23)/t11-/m0/s1. The number of anilines is 2. The van der Waals surface area contributed by atoms with Gasteiger partial charge in [-0.3, -0.25) is 9.10 Å². The fourth-order valence-electron chi connectivity index (χ4n) is 2.46. The zero-order valence-electron chi connectivity index (χ0n) is 14.3. The normalized spacial score (nSPS) is 12.5. The highest BCUT2D eigenvalue weighted by Gasteiger charge is 2.30. The second-order valence-electron chi connectivity index (χ2n) is 5.76. The van der Waals surface area contributed by atoms with E-state index in [0.717, 1.165) is 10.6 Å². The maximum absolute atomic E-state index is 12.7. The van der Waals surface area contributed by atoms with E-state index < -0.39 is 22.0 Å². The minimum atomic E-state index is -3.78. The summed E-state index contributed by atoms with van der Waals surface area (Å²) >= 11 is 18.0. The van der Waals surface area contributed by atoms with Crippen LogP contribution < -0.4 is 9.62 Å². The average Bonchev–Trinajstić information content (AvgIpc) is 2.49. The first-order valence-electron chi connectivity index (χ1n) is 7.52. The summed E-state index contributed by atoms with van der Waals surface area (Å²) in [6, 6.07) is 8.39. The molecular weight excluding hydrogens is 419 g/mol. The molecule has 2 rings (SSSR count). The van der Waals surface area contributed by atoms with Crippen LogP contribution in [-0.4, -0.2) is 26.6 Å². The number of rotatable bonds is 5. The second-order valence-corrected chi connectivity index (χ2v) is 8.90. The third kappa shape index (κ3) is 4.82. The smallest absolute Gasteiger partial charge is 0.248 e. The highest BCUT2D eigenvalue weighted by atomic mass is 35.5. The Labute approximate surface area is 167 Å². The van der Waals surface area contributed by atoms with Gasteiger partial charge in [-0.1, -0.05) is 40.9 Å². The van der Waals surface area contributed by atoms with Gasteiger partial charge in [0.2, 0.25) is 15.9 Å². The van der Waals surface area contributed by atoms with Crippen molar-refractivity contribution >= 4 is 62.1 Å². The Kier molecular flexibility index (Phi) is 6.45. The lowest BCUT2D eigenvalue weighted by molar-refractivity contribution is -0.116. The van der Waals surface area contributed by atoms with E-state index in [-0.39, 0.29) is 15.7 Å². The van der Waals surface area contributed by atoms with Gasteiger partial charge >= 0.3 is 0 Å². The van der Waals surface area contributed by atoms with Gasteiger partial charge in [0.05, 0.1) is 11.9 Å². The number of nitrogens with zero attached hydrogens (tertiary/aromatic N) is 1. The average molecular weight is 436 g/mol. The molecule has 0 radical (unpaired) electrons. The molecule has 5 nitrogen and oxygen atoms in total. The third-order valence-electron chi connectivity index (χ3n) is 3.72. The largest absolute Gasteiger partial charge is 0.324 e. The first-order chi connectivity index (χ1) is 12.0. The summed E-state index contributed by atoms with van der Waals surface area (Å²) in [4.78, 5) is 12.7. The first-order valence-corrected chi connectivity index (χ1v) is 10.5. The minimum Gasteiger partial charge on any atom is -0.324 e. The molecule has 9 heteroatoms. The van der Waals surface area contributed by atoms with Crippen molar-refractivity contribution in [3.8, 4) is 0 Å². The summed E-state index contributed by atoms with van der Waals surface area (Å²) in [6.07, 6.45) is 1.01. The Morgan fingerprint density at radius 2 is 1.69 bits per heavy atom. The van der Waals surface area contributed by atoms with Crippen molar-refractivity contribution in [1.29, 1.82) is 0 Å². The summed E-state index contributed by atoms with van der Waals surface area (Å²) in [5.74, 6) is -0.517. The van der Waals surface area contributed by atoms with Crippen molar-refractivity contribution in [2.45, 2.75) is 19.9 Å². The molecule has 2 aromatic rings. The van der Waals surface area contributed by atoms with Crippen molar-refractivity contribution in [1.82, 2.24) is 0 Å². The predicted octanol–water partition coefficient (Wildman–Crippen LogP) is 4.75. The molecule has 0 saturated heterocycles. The number of hydrogen-bond acceptors (Lipinski definition) is 3. The maximum atomic E-state index is 12.7. The number of hydrogen-bond donors (Lipinski definition) is 1. The maximum Gasteiger partial charge on any atom is 0.248 e. The number of benzene rings is 2. The van der Waals surface area contributed by atoms with Crippen molar-refractivity contribution in [3.05, 3.63) is 57.0 Å². The molecule has 1 atom stereocenters. The van der Waals surface area contributed by atoms with Gasteiger partial charge in [0, 0.05) is 20.8 Å². The van der Waals surface area contributed by atoms with Crippen LogP contribution in [0.3, 0.4) is 0 Å². The first kappa shape index (κ1) is 20.8. The highest BCUT2D eigenvalue weighted by Crippen LogP contribution is 2.29. The summed E-state index contributed by atoms with van der Waals surface area (Å²) in [7, 11) is -3.78. The number of halogens is 3. The van der Waals surface area contributed by atoms with E-state index >= 15 is 0 Å². The zero-order valence-corrected chi connectivity index (χ0v) is 17.3. The predicted molar refractivity (Wildman–Crippen MR) is 108 cm³/mol. The number of nitrogens with one attached hydrogen (secondary N) is 1. The molecule has 0 aliphatic carbocycles. The van der Waals surface area contributed by atoms with E-state index in [9.17, 15) is 13.2 Å². The third-order valence-corrected chi connectivity index (χ3v) is 5.80. The van der Waals surface area contributed by atoms with Crippen molar-refractivity contribution in [2.24, 2.45) is 0 Å². The molecule has 1 amide bonds. The molecule has 0 fully saturated rings. The molecule has 0 spiro atoms. The Morgan fingerprint density at radius 1 is 1.12 bits per heavy atom. The molecule has 0 unspecified atom stereocenters. The second kappa shape index (κ2) is 8.05. The molecule has 140 valence electrons. The molecule has 0 saturated carbocycles. The van der Waals surface area contributed by atoms with Crippen molar-refractivity contribution in [2.75, 3.05) is 15.9 Å². The minimum absolute atomic E-state index is 0.204. The van der Waals surface area contributed by atoms with E-state index in [2.05, 4.69) is 5.32 Å². The molecular formula is C17H17Cl3N2O3S. The van der Waals surface area contributed by atoms with Crippen LogP contribution in [0, 0.1) is 6.92 Å². The fraction of sp³-hybridized carbons (Fsp3) is 0.235. The fourth-order valence-corrected chi connectivity index (χ4v) is 4.30. The summed E-state index contributed by atoms with van der Waals surface area (Å²) in [5, 5.41) is 3.73. The van der Waals surface area contributed by atoms with Gasteiger partial charge < -0.3 is 5.32 Å². The van der Waals surface area contributed by atoms with Crippen LogP contribution in [0.4, 0.5) is 11.4 Å². The monoisotopic (exact) mass is 434 g/mol. The molecule has 1 N–H and O–H groups in total. The van der Waals surface area contributed by atoms with Crippen LogP contribution in [0.1, 0.15) is 12.5 Å². The van der Waals surface area contributed by atoms with Gasteiger partial charge in [-0.05, 0) is 49.7 Å². The van der Waals surface area contributed by atoms with Gasteiger partial charge in [-0.2, -0.15) is 0 Å². The van der Waals surface area contributed by atoms with Gasteiger partial charge in [0.15, 0.2) is 0 Å². The van der Waals surface area contributed by atoms with E-state index in [1.165, 1.54) is 25.1 Å². The summed E-state index contributed by atoms with van der Waals surface area (Å²) < 4.78 is 25.6. The molecule has 0 aliphatic rings. The Morgan fingerprint density at radius 3 is 2.23 bits per heavy atom. The van der Waals surface area contributed by atoms with E-state index in [1.54, 1.807) is 25.1 Å². The van der Waals surface area contributed by atoms with Crippen LogP contribution in [-0.2, 0) is 14.8 Å². The molecule has 0 bridgehead atoms. The Bertz CT molecular complexity index is 928. The van der Waals surface area contributed by atoms with Crippen LogP contribution >= 0.6 is 34.8 Å². The number of amides is 1. The van der Waals surface area contributed by atoms with Crippen molar-refractivity contribution in [3.63, 3.8) is 0 Å². The molecule has 26 heavy (non-hydrogen) atoms. The van der Waals surface area contributed by atoms with Crippen LogP contribution in [0.5, 0.6) is 0 Å². The number of sulfonamides is 1. The van der Waals surface area contributed by atoms with Gasteiger partial charge in [0.1, 0.15) is 6.04 Å². The highest BCUT2D eigenvalue weighted by molar-refractivity contribution is 7.92. The summed E-state index contributed by atoms with van der Waals surface area (Å²) in [5.41, 5.74) is 1.40. The number of carbonyl (C=O) groups is 1. The number of carbonyl (C=O) groups excluding carboxylic acids is 1. The lowest BCUT2D eigenvalue weighted by Gasteiger charge is -2.28. The zero-order chi connectivity index (χ0) is 19.6. The topological polar surface area (TPSA) is 66.5 Å². The molecule has 0 aromatic heterocycles. The van der Waals surface area contributed by atoms with Gasteiger partial charge in [0.25, 0.3) is 0 Å². The van der Waals surface area contributed by atoms with Crippen molar-refractivity contribution < 1.29 is 13.2 Å². The van der Waals surface area contributed by atoms with Crippen LogP contribution in [0.25, 0.3) is 0 Å². The Hall–Kier alpha value is -1.47. The lowest BCUT2D eigenvalue weighted by atomic mass is 10.2. The van der Waals surface area contributed by atoms with Gasteiger partial charge in [-0.15, -0.1) is 0 Å². The molecule has 2 aromatic carbocycles. The quantitative estimate of drug-likeness (QED) is 0.737. The lowest BCUT2D eigenvalue weighted by Crippen LogP contribution is -2.45. The summed E-state index contributed by atoms with van der Waals surface area (Å²) in [6.45, 7) is 3.23. The molecule has 0 aliphatic heterocycles. The molecule has 0 heterocycles. The SMILES string of the molecule is Cc1c(Cl)cccc1NC(=O)[C@H](C)N(c1cc(Cl)cc(Cl)c1)S(C)(=O)=O. The Balaban J connectivity index is 2.39. The van der Waals surface area contributed by atoms with Gasteiger partial charge in [-0.25, -0.2) is 8.42 Å². The van der Waals surface area contributed by atoms with E-state index in [1.807, 2.05) is 0 Å². The van der Waals surface area contributed by atoms with Crippen LogP contribution in [0.2, 0.25) is 15.1 Å². The van der Waals surface area contributed by atoms with Crippen LogP contribution in [0.15, 0.2) is 36.4 Å². The van der Waals surface area contributed by atoms with E-state index in [4.69, 9.17) is 34.8 Å². The van der Waals surface area contributed by atoms with E-state index in [0.29, 0.717) is 16.3 Å².